The number of anilines is 2. The molecular formula is C18H20N4O5. The van der Waals surface area contributed by atoms with Crippen LogP contribution in [0.25, 0.3) is 0 Å². The SMILES string of the molecule is COCCNc1ccc(C(=O)NCC(=O)Nc2ccccc2)cc1[N+](=O)[O-]. The Labute approximate surface area is 155 Å². The first kappa shape index (κ1) is 19.9. The van der Waals surface area contributed by atoms with Crippen molar-refractivity contribution in [2.45, 2.75) is 0 Å². The molecule has 0 spiro atoms. The number of amides is 2. The zero-order valence-electron chi connectivity index (χ0n) is 14.7. The van der Waals surface area contributed by atoms with Gasteiger partial charge in [-0.3, -0.25) is 19.7 Å². The molecule has 2 aromatic carbocycles. The van der Waals surface area contributed by atoms with Crippen molar-refractivity contribution in [1.82, 2.24) is 5.32 Å². The minimum Gasteiger partial charge on any atom is -0.383 e. The van der Waals surface area contributed by atoms with Crippen molar-refractivity contribution in [2.75, 3.05) is 37.4 Å². The molecule has 0 fully saturated rings. The number of carbonyl (C=O) groups is 2. The average molecular weight is 372 g/mol. The fourth-order valence-electron chi connectivity index (χ4n) is 2.25. The Morgan fingerprint density at radius 1 is 1.15 bits per heavy atom. The van der Waals surface area contributed by atoms with Gasteiger partial charge in [-0.25, -0.2) is 0 Å². The number of benzene rings is 2. The second-order valence-electron chi connectivity index (χ2n) is 5.51. The summed E-state index contributed by atoms with van der Waals surface area (Å²) in [6.45, 7) is 0.522. The van der Waals surface area contributed by atoms with Crippen LogP contribution in [-0.4, -0.2) is 43.5 Å². The Kier molecular flexibility index (Phi) is 7.26. The van der Waals surface area contributed by atoms with Crippen molar-refractivity contribution in [3.8, 4) is 0 Å². The molecule has 2 aromatic rings. The molecule has 27 heavy (non-hydrogen) atoms. The Bertz CT molecular complexity index is 811. The Morgan fingerprint density at radius 3 is 2.56 bits per heavy atom. The Balaban J connectivity index is 1.97. The van der Waals surface area contributed by atoms with Gasteiger partial charge in [0.25, 0.3) is 11.6 Å². The average Bonchev–Trinajstić information content (AvgIpc) is 2.67. The number of hydrogen-bond donors (Lipinski definition) is 3. The predicted molar refractivity (Wildman–Crippen MR) is 101 cm³/mol. The molecule has 0 atom stereocenters. The molecule has 3 N–H and O–H groups in total. The monoisotopic (exact) mass is 372 g/mol. The summed E-state index contributed by atoms with van der Waals surface area (Å²) in [4.78, 5) is 34.7. The second-order valence-corrected chi connectivity index (χ2v) is 5.51. The molecule has 0 aromatic heterocycles. The van der Waals surface area contributed by atoms with Gasteiger partial charge >= 0.3 is 0 Å². The van der Waals surface area contributed by atoms with Gasteiger partial charge in [0.15, 0.2) is 0 Å². The number of nitrogens with one attached hydrogen (secondary N) is 3. The van der Waals surface area contributed by atoms with Crippen molar-refractivity contribution >= 4 is 28.9 Å². The fourth-order valence-corrected chi connectivity index (χ4v) is 2.25. The van der Waals surface area contributed by atoms with Crippen LogP contribution in [0.4, 0.5) is 17.1 Å². The van der Waals surface area contributed by atoms with E-state index in [1.807, 2.05) is 6.07 Å². The molecule has 0 aliphatic heterocycles. The van der Waals surface area contributed by atoms with Gasteiger partial charge in [-0.15, -0.1) is 0 Å². The molecule has 0 heterocycles. The first-order valence-electron chi connectivity index (χ1n) is 8.15. The van der Waals surface area contributed by atoms with Crippen molar-refractivity contribution < 1.29 is 19.2 Å². The standard InChI is InChI=1S/C18H20N4O5/c1-27-10-9-19-15-8-7-13(11-16(15)22(25)26)18(24)20-12-17(23)21-14-5-3-2-4-6-14/h2-8,11,19H,9-10,12H2,1H3,(H,20,24)(H,21,23). The third kappa shape index (κ3) is 6.08. The molecule has 0 unspecified atom stereocenters. The molecule has 9 nitrogen and oxygen atoms in total. The van der Waals surface area contributed by atoms with E-state index < -0.39 is 16.7 Å². The minimum absolute atomic E-state index is 0.0894. The molecular weight excluding hydrogens is 352 g/mol. The lowest BCUT2D eigenvalue weighted by molar-refractivity contribution is -0.384. The number of ether oxygens (including phenoxy) is 1. The number of methoxy groups -OCH3 is 1. The number of nitro groups is 1. The van der Waals surface area contributed by atoms with Gasteiger partial charge in [-0.1, -0.05) is 18.2 Å². The van der Waals surface area contributed by atoms with E-state index in [1.165, 1.54) is 25.3 Å². The topological polar surface area (TPSA) is 123 Å². The summed E-state index contributed by atoms with van der Waals surface area (Å²) in [6, 6.07) is 12.9. The van der Waals surface area contributed by atoms with Crippen LogP contribution >= 0.6 is 0 Å². The highest BCUT2D eigenvalue weighted by Crippen LogP contribution is 2.25. The molecule has 2 amide bonds. The van der Waals surface area contributed by atoms with Crippen molar-refractivity contribution in [3.63, 3.8) is 0 Å². The molecule has 0 saturated carbocycles. The van der Waals surface area contributed by atoms with Gasteiger partial charge < -0.3 is 20.7 Å². The van der Waals surface area contributed by atoms with Gasteiger partial charge in [0.05, 0.1) is 18.1 Å². The van der Waals surface area contributed by atoms with E-state index in [2.05, 4.69) is 16.0 Å². The van der Waals surface area contributed by atoms with Gasteiger partial charge in [0, 0.05) is 31.0 Å². The quantitative estimate of drug-likeness (QED) is 0.352. The van der Waals surface area contributed by atoms with Crippen LogP contribution in [0.15, 0.2) is 48.5 Å². The number of nitrogens with zero attached hydrogens (tertiary/aromatic N) is 1. The van der Waals surface area contributed by atoms with E-state index in [1.54, 1.807) is 24.3 Å². The number of hydrogen-bond acceptors (Lipinski definition) is 6. The summed E-state index contributed by atoms with van der Waals surface area (Å²) in [5.41, 5.74) is 0.758. The first-order valence-corrected chi connectivity index (χ1v) is 8.15. The van der Waals surface area contributed by atoms with Crippen LogP contribution in [0.1, 0.15) is 10.4 Å². The molecule has 0 aliphatic rings. The van der Waals surface area contributed by atoms with E-state index >= 15 is 0 Å². The van der Waals surface area contributed by atoms with Crippen LogP contribution in [0.5, 0.6) is 0 Å². The molecule has 0 saturated heterocycles. The number of carbonyl (C=O) groups excluding carboxylic acids is 2. The smallest absolute Gasteiger partial charge is 0.293 e. The first-order chi connectivity index (χ1) is 13.0. The summed E-state index contributed by atoms with van der Waals surface area (Å²) >= 11 is 0. The maximum atomic E-state index is 12.2. The lowest BCUT2D eigenvalue weighted by Gasteiger charge is -2.09. The second kappa shape index (κ2) is 9.88. The van der Waals surface area contributed by atoms with E-state index in [0.717, 1.165) is 0 Å². The molecule has 0 radical (unpaired) electrons. The predicted octanol–water partition coefficient (Wildman–Crippen LogP) is 2.02. The van der Waals surface area contributed by atoms with Crippen LogP contribution < -0.4 is 16.0 Å². The zero-order valence-corrected chi connectivity index (χ0v) is 14.7. The summed E-state index contributed by atoms with van der Waals surface area (Å²) in [5, 5.41) is 19.2. The van der Waals surface area contributed by atoms with Crippen LogP contribution in [0, 0.1) is 10.1 Å². The molecule has 0 aliphatic carbocycles. The molecule has 0 bridgehead atoms. The fraction of sp³-hybridized carbons (Fsp3) is 0.222. The van der Waals surface area contributed by atoms with E-state index in [4.69, 9.17) is 4.74 Å². The maximum absolute atomic E-state index is 12.2. The third-order valence-corrected chi connectivity index (χ3v) is 3.55. The maximum Gasteiger partial charge on any atom is 0.293 e. The highest BCUT2D eigenvalue weighted by molar-refractivity contribution is 6.00. The largest absolute Gasteiger partial charge is 0.383 e. The van der Waals surface area contributed by atoms with Crippen LogP contribution in [0.3, 0.4) is 0 Å². The summed E-state index contributed by atoms with van der Waals surface area (Å²) < 4.78 is 4.89. The highest BCUT2D eigenvalue weighted by Gasteiger charge is 2.17. The third-order valence-electron chi connectivity index (χ3n) is 3.55. The van der Waals surface area contributed by atoms with Gasteiger partial charge in [0.1, 0.15) is 5.69 Å². The molecule has 142 valence electrons. The Hall–Kier alpha value is -3.46. The lowest BCUT2D eigenvalue weighted by Crippen LogP contribution is -2.32. The van der Waals surface area contributed by atoms with Crippen molar-refractivity contribution in [2.24, 2.45) is 0 Å². The number of para-hydroxylation sites is 1. The van der Waals surface area contributed by atoms with Crippen molar-refractivity contribution in [3.05, 3.63) is 64.2 Å². The van der Waals surface area contributed by atoms with Gasteiger partial charge in [-0.05, 0) is 24.3 Å². The Morgan fingerprint density at radius 2 is 1.89 bits per heavy atom. The zero-order chi connectivity index (χ0) is 19.6. The lowest BCUT2D eigenvalue weighted by atomic mass is 10.1. The van der Waals surface area contributed by atoms with Gasteiger partial charge in [0.2, 0.25) is 5.91 Å². The summed E-state index contributed by atoms with van der Waals surface area (Å²) in [6.07, 6.45) is 0. The highest BCUT2D eigenvalue weighted by atomic mass is 16.6. The van der Waals surface area contributed by atoms with E-state index in [-0.39, 0.29) is 23.5 Å². The van der Waals surface area contributed by atoms with Gasteiger partial charge in [-0.2, -0.15) is 0 Å². The van der Waals surface area contributed by atoms with E-state index in [9.17, 15) is 19.7 Å². The molecule has 9 heteroatoms. The normalized spacial score (nSPS) is 10.1. The van der Waals surface area contributed by atoms with Crippen LogP contribution in [0.2, 0.25) is 0 Å². The van der Waals surface area contributed by atoms with Crippen molar-refractivity contribution in [1.29, 1.82) is 0 Å². The summed E-state index contributed by atoms with van der Waals surface area (Å²) in [5.74, 6) is -0.980. The summed E-state index contributed by atoms with van der Waals surface area (Å²) in [7, 11) is 1.53. The van der Waals surface area contributed by atoms with E-state index in [0.29, 0.717) is 18.8 Å². The molecule has 2 rings (SSSR count). The number of nitro benzene ring substituents is 1. The number of rotatable bonds is 9. The van der Waals surface area contributed by atoms with Crippen LogP contribution in [-0.2, 0) is 9.53 Å². The minimum atomic E-state index is -0.579.